The first-order chi connectivity index (χ1) is 15.7. The van der Waals surface area contributed by atoms with Gasteiger partial charge in [0, 0.05) is 24.7 Å². The van der Waals surface area contributed by atoms with Crippen LogP contribution in [0.15, 0.2) is 41.4 Å². The van der Waals surface area contributed by atoms with Gasteiger partial charge in [0.05, 0.1) is 28.5 Å². The zero-order chi connectivity index (χ0) is 25.3. The number of carbonyl (C=O) groups excluding carboxylic acids is 2. The van der Waals surface area contributed by atoms with Crippen LogP contribution in [0.25, 0.3) is 0 Å². The van der Waals surface area contributed by atoms with Crippen LogP contribution in [0.4, 0.5) is 4.79 Å². The minimum Gasteiger partial charge on any atom is -0.444 e. The number of hydrogen-bond donors (Lipinski definition) is 1. The highest BCUT2D eigenvalue weighted by atomic mass is 32.2. The van der Waals surface area contributed by atoms with Gasteiger partial charge in [-0.15, -0.1) is 0 Å². The van der Waals surface area contributed by atoms with Gasteiger partial charge in [-0.1, -0.05) is 32.9 Å². The molecule has 0 bridgehead atoms. The molecule has 0 unspecified atom stereocenters. The number of pyridine rings is 1. The van der Waals surface area contributed by atoms with E-state index >= 15 is 0 Å². The number of hydrogen-bond acceptors (Lipinski definition) is 6. The number of amides is 2. The van der Waals surface area contributed by atoms with Crippen LogP contribution in [-0.2, 0) is 33.1 Å². The monoisotopic (exact) mass is 487 g/mol. The van der Waals surface area contributed by atoms with E-state index in [0.717, 1.165) is 16.8 Å². The lowest BCUT2D eigenvalue weighted by Crippen LogP contribution is -2.47. The Hall–Kier alpha value is -2.94. The van der Waals surface area contributed by atoms with Crippen LogP contribution in [0.1, 0.15) is 68.7 Å². The lowest BCUT2D eigenvalue weighted by Gasteiger charge is -2.39. The first kappa shape index (κ1) is 25.7. The predicted molar refractivity (Wildman–Crippen MR) is 129 cm³/mol. The first-order valence-electron chi connectivity index (χ1n) is 11.3. The number of carbonyl (C=O) groups is 2. The molecule has 0 radical (unpaired) electrons. The number of benzene rings is 1. The molecule has 9 heteroatoms. The van der Waals surface area contributed by atoms with Crippen molar-refractivity contribution in [2.45, 2.75) is 70.5 Å². The number of ether oxygens (including phenoxy) is 1. The van der Waals surface area contributed by atoms with E-state index in [2.05, 4.69) is 10.3 Å². The molecule has 2 aromatic rings. The average molecular weight is 488 g/mol. The van der Waals surface area contributed by atoms with E-state index in [0.29, 0.717) is 18.7 Å². The van der Waals surface area contributed by atoms with E-state index in [4.69, 9.17) is 4.74 Å². The third kappa shape index (κ3) is 5.94. The van der Waals surface area contributed by atoms with Crippen molar-refractivity contribution in [2.24, 2.45) is 0 Å². The van der Waals surface area contributed by atoms with E-state index in [9.17, 15) is 18.0 Å². The van der Waals surface area contributed by atoms with Crippen LogP contribution in [0.5, 0.6) is 0 Å². The first-order valence-corrected chi connectivity index (χ1v) is 12.9. The molecule has 3 rings (SSSR count). The summed E-state index contributed by atoms with van der Waals surface area (Å²) in [6.07, 6.45) is 1.16. The predicted octanol–water partition coefficient (Wildman–Crippen LogP) is 3.83. The Bertz CT molecular complexity index is 1180. The van der Waals surface area contributed by atoms with Crippen LogP contribution in [0, 0.1) is 0 Å². The summed E-state index contributed by atoms with van der Waals surface area (Å²) in [6.45, 7) is 12.1. The Kier molecular flexibility index (Phi) is 7.07. The molecule has 0 spiro atoms. The molecule has 2 amide bonds. The normalized spacial score (nSPS) is 15.4. The largest absolute Gasteiger partial charge is 0.444 e. The van der Waals surface area contributed by atoms with Gasteiger partial charge in [-0.25, -0.2) is 13.2 Å². The van der Waals surface area contributed by atoms with Gasteiger partial charge in [0.1, 0.15) is 5.60 Å². The molecule has 8 nitrogen and oxygen atoms in total. The van der Waals surface area contributed by atoms with Crippen molar-refractivity contribution >= 4 is 21.8 Å². The maximum Gasteiger partial charge on any atom is 0.410 e. The molecule has 184 valence electrons. The summed E-state index contributed by atoms with van der Waals surface area (Å²) in [6, 6.07) is 8.25. The highest BCUT2D eigenvalue weighted by Crippen LogP contribution is 2.33. The van der Waals surface area contributed by atoms with Crippen molar-refractivity contribution in [3.63, 3.8) is 0 Å². The Morgan fingerprint density at radius 3 is 2.41 bits per heavy atom. The molecule has 1 aliphatic rings. The third-order valence-electron chi connectivity index (χ3n) is 5.58. The third-order valence-corrected chi connectivity index (χ3v) is 7.33. The number of sulfone groups is 1. The summed E-state index contributed by atoms with van der Waals surface area (Å²) in [5.74, 6) is -0.260. The molecule has 0 aliphatic carbocycles. The van der Waals surface area contributed by atoms with Gasteiger partial charge < -0.3 is 15.0 Å². The zero-order valence-electron chi connectivity index (χ0n) is 20.6. The molecule has 2 heterocycles. The summed E-state index contributed by atoms with van der Waals surface area (Å²) in [4.78, 5) is 31.9. The van der Waals surface area contributed by atoms with Gasteiger partial charge in [0.15, 0.2) is 9.84 Å². The van der Waals surface area contributed by atoms with Crippen LogP contribution in [0.3, 0.4) is 0 Å². The molecule has 34 heavy (non-hydrogen) atoms. The molecular weight excluding hydrogens is 454 g/mol. The topological polar surface area (TPSA) is 106 Å². The lowest BCUT2D eigenvalue weighted by atomic mass is 9.82. The molecule has 0 saturated heterocycles. The number of fused-ring (bicyclic) bond motifs is 1. The maximum absolute atomic E-state index is 12.8. The minimum absolute atomic E-state index is 0.0383. The van der Waals surface area contributed by atoms with Crippen LogP contribution in [-0.4, -0.2) is 48.2 Å². The van der Waals surface area contributed by atoms with Gasteiger partial charge in [0.25, 0.3) is 5.91 Å². The van der Waals surface area contributed by atoms with E-state index in [1.165, 1.54) is 0 Å². The van der Waals surface area contributed by atoms with E-state index < -0.39 is 21.5 Å². The van der Waals surface area contributed by atoms with Crippen molar-refractivity contribution in [1.29, 1.82) is 0 Å². The van der Waals surface area contributed by atoms with Crippen molar-refractivity contribution < 1.29 is 22.7 Å². The Labute approximate surface area is 201 Å². The van der Waals surface area contributed by atoms with Gasteiger partial charge in [0.2, 0.25) is 0 Å². The number of rotatable bonds is 5. The Balaban J connectivity index is 1.73. The minimum atomic E-state index is -3.26. The fourth-order valence-corrected chi connectivity index (χ4v) is 4.78. The second-order valence-electron chi connectivity index (χ2n) is 10.2. The molecule has 1 aromatic carbocycles. The van der Waals surface area contributed by atoms with E-state index in [1.54, 1.807) is 48.4 Å². The van der Waals surface area contributed by atoms with Crippen molar-refractivity contribution in [3.8, 4) is 0 Å². The molecule has 1 N–H and O–H groups in total. The summed E-state index contributed by atoms with van der Waals surface area (Å²) >= 11 is 0. The molecule has 0 fully saturated rings. The molecule has 0 saturated carbocycles. The second-order valence-corrected chi connectivity index (χ2v) is 12.5. The molecular formula is C25H33N3O5S. The van der Waals surface area contributed by atoms with E-state index in [1.807, 2.05) is 34.6 Å². The van der Waals surface area contributed by atoms with Crippen LogP contribution in [0.2, 0.25) is 0 Å². The highest BCUT2D eigenvalue weighted by Gasteiger charge is 2.37. The van der Waals surface area contributed by atoms with Crippen molar-refractivity contribution in [3.05, 3.63) is 58.9 Å². The molecule has 0 atom stereocenters. The number of nitrogens with one attached hydrogen (secondary N) is 1. The van der Waals surface area contributed by atoms with Gasteiger partial charge in [-0.3, -0.25) is 9.78 Å². The number of aromatic nitrogens is 1. The van der Waals surface area contributed by atoms with E-state index in [-0.39, 0.29) is 28.5 Å². The second kappa shape index (κ2) is 9.37. The smallest absolute Gasteiger partial charge is 0.410 e. The standard InChI is InChI=1S/C25H33N3O5S/c1-7-34(31,32)20-10-8-17(9-11-20)13-27-22(29)18-12-19-15-28(23(30)33-24(2,3)4)16-25(5,6)21(19)26-14-18/h8-12,14H,7,13,15-16H2,1-6H3,(H,27,29). The van der Waals surface area contributed by atoms with Crippen LogP contribution < -0.4 is 5.32 Å². The summed E-state index contributed by atoms with van der Waals surface area (Å²) in [5, 5.41) is 2.85. The molecule has 1 aromatic heterocycles. The lowest BCUT2D eigenvalue weighted by molar-refractivity contribution is 0.0171. The van der Waals surface area contributed by atoms with Gasteiger partial charge in [-0.05, 0) is 50.1 Å². The Morgan fingerprint density at radius 2 is 1.82 bits per heavy atom. The molecule has 1 aliphatic heterocycles. The van der Waals surface area contributed by atoms with Crippen molar-refractivity contribution in [2.75, 3.05) is 12.3 Å². The maximum atomic E-state index is 12.8. The zero-order valence-corrected chi connectivity index (χ0v) is 21.5. The number of nitrogens with zero attached hydrogens (tertiary/aromatic N) is 2. The summed E-state index contributed by atoms with van der Waals surface area (Å²) in [7, 11) is -3.26. The summed E-state index contributed by atoms with van der Waals surface area (Å²) in [5.41, 5.74) is 1.86. The van der Waals surface area contributed by atoms with Crippen LogP contribution >= 0.6 is 0 Å². The SMILES string of the molecule is CCS(=O)(=O)c1ccc(CNC(=O)c2cnc3c(c2)CN(C(=O)OC(C)(C)C)CC3(C)C)cc1. The summed E-state index contributed by atoms with van der Waals surface area (Å²) < 4.78 is 29.4. The quantitative estimate of drug-likeness (QED) is 0.687. The average Bonchev–Trinajstić information content (AvgIpc) is 2.75. The van der Waals surface area contributed by atoms with Crippen molar-refractivity contribution in [1.82, 2.24) is 15.2 Å². The Morgan fingerprint density at radius 1 is 1.18 bits per heavy atom. The van der Waals surface area contributed by atoms with Gasteiger partial charge in [-0.2, -0.15) is 0 Å². The fraction of sp³-hybridized carbons (Fsp3) is 0.480. The van der Waals surface area contributed by atoms with Gasteiger partial charge >= 0.3 is 6.09 Å². The highest BCUT2D eigenvalue weighted by molar-refractivity contribution is 7.91. The fourth-order valence-electron chi connectivity index (χ4n) is 3.90.